The van der Waals surface area contributed by atoms with Crippen LogP contribution in [0.1, 0.15) is 30.5 Å². The molecule has 1 saturated heterocycles. The van der Waals surface area contributed by atoms with Crippen molar-refractivity contribution in [3.63, 3.8) is 0 Å². The molecule has 28 heavy (non-hydrogen) atoms. The number of aliphatic hydroxyl groups is 1. The van der Waals surface area contributed by atoms with Crippen LogP contribution in [0.25, 0.3) is 0 Å². The van der Waals surface area contributed by atoms with Gasteiger partial charge in [-0.15, -0.1) is 0 Å². The quantitative estimate of drug-likeness (QED) is 0.805. The SMILES string of the molecule is OC1(C2CCN(c3cnc(C(F)(F)F)c(Cl)c3)CC2)CCOc2ccncc21. The Morgan fingerprint density at radius 3 is 2.68 bits per heavy atom. The van der Waals surface area contributed by atoms with Gasteiger partial charge in [0.2, 0.25) is 0 Å². The van der Waals surface area contributed by atoms with Gasteiger partial charge < -0.3 is 14.7 Å². The maximum atomic E-state index is 12.8. The first kappa shape index (κ1) is 19.3. The number of piperidine rings is 1. The van der Waals surface area contributed by atoms with Crippen molar-refractivity contribution in [1.29, 1.82) is 0 Å². The summed E-state index contributed by atoms with van der Waals surface area (Å²) in [5.41, 5.74) is -0.825. The Labute approximate surface area is 165 Å². The van der Waals surface area contributed by atoms with E-state index in [1.54, 1.807) is 18.5 Å². The van der Waals surface area contributed by atoms with Crippen molar-refractivity contribution < 1.29 is 23.0 Å². The van der Waals surface area contributed by atoms with E-state index < -0.39 is 22.5 Å². The number of aromatic nitrogens is 2. The highest BCUT2D eigenvalue weighted by atomic mass is 35.5. The highest BCUT2D eigenvalue weighted by Gasteiger charge is 2.44. The number of pyridine rings is 2. The van der Waals surface area contributed by atoms with E-state index >= 15 is 0 Å². The molecule has 4 rings (SSSR count). The second kappa shape index (κ2) is 7.08. The van der Waals surface area contributed by atoms with Gasteiger partial charge in [-0.05, 0) is 30.9 Å². The Morgan fingerprint density at radius 1 is 1.25 bits per heavy atom. The third kappa shape index (κ3) is 3.39. The molecule has 2 aliphatic heterocycles. The maximum Gasteiger partial charge on any atom is 0.434 e. The fourth-order valence-electron chi connectivity index (χ4n) is 4.13. The minimum atomic E-state index is -4.57. The number of halogens is 4. The van der Waals surface area contributed by atoms with E-state index in [0.717, 1.165) is 0 Å². The van der Waals surface area contributed by atoms with Gasteiger partial charge in [0.1, 0.15) is 11.4 Å². The molecule has 5 nitrogen and oxygen atoms in total. The van der Waals surface area contributed by atoms with Crippen molar-refractivity contribution in [3.05, 3.63) is 47.0 Å². The summed E-state index contributed by atoms with van der Waals surface area (Å²) < 4.78 is 44.1. The van der Waals surface area contributed by atoms with Crippen LogP contribution in [0, 0.1) is 5.92 Å². The van der Waals surface area contributed by atoms with Crippen LogP contribution in [-0.2, 0) is 11.8 Å². The molecule has 0 aliphatic carbocycles. The van der Waals surface area contributed by atoms with Crippen LogP contribution in [0.5, 0.6) is 5.75 Å². The van der Waals surface area contributed by atoms with Crippen molar-refractivity contribution in [2.75, 3.05) is 24.6 Å². The summed E-state index contributed by atoms with van der Waals surface area (Å²) in [4.78, 5) is 9.57. The molecule has 1 unspecified atom stereocenters. The summed E-state index contributed by atoms with van der Waals surface area (Å²) in [6, 6.07) is 3.06. The molecule has 9 heteroatoms. The molecule has 0 spiro atoms. The molecule has 0 radical (unpaired) electrons. The molecule has 2 aromatic rings. The molecule has 0 bridgehead atoms. The molecule has 150 valence electrons. The molecule has 2 aromatic heterocycles. The molecule has 1 atom stereocenters. The minimum Gasteiger partial charge on any atom is -0.493 e. The van der Waals surface area contributed by atoms with Crippen LogP contribution < -0.4 is 9.64 Å². The summed E-state index contributed by atoms with van der Waals surface area (Å²) in [7, 11) is 0. The van der Waals surface area contributed by atoms with E-state index in [2.05, 4.69) is 9.97 Å². The van der Waals surface area contributed by atoms with Crippen molar-refractivity contribution in [1.82, 2.24) is 9.97 Å². The Morgan fingerprint density at radius 2 is 2.00 bits per heavy atom. The zero-order valence-electron chi connectivity index (χ0n) is 14.9. The zero-order chi connectivity index (χ0) is 19.9. The molecule has 1 N–H and O–H groups in total. The smallest absolute Gasteiger partial charge is 0.434 e. The highest BCUT2D eigenvalue weighted by molar-refractivity contribution is 6.31. The molecular weight excluding hydrogens is 395 g/mol. The lowest BCUT2D eigenvalue weighted by Gasteiger charge is -2.44. The second-order valence-corrected chi connectivity index (χ2v) is 7.58. The maximum absolute atomic E-state index is 12.8. The first-order valence-electron chi connectivity index (χ1n) is 9.06. The van der Waals surface area contributed by atoms with E-state index in [0.29, 0.717) is 56.0 Å². The summed E-state index contributed by atoms with van der Waals surface area (Å²) in [6.07, 6.45) is 1.78. The highest BCUT2D eigenvalue weighted by Crippen LogP contribution is 2.45. The Balaban J connectivity index is 1.49. The number of hydrogen-bond acceptors (Lipinski definition) is 5. The average molecular weight is 414 g/mol. The summed E-state index contributed by atoms with van der Waals surface area (Å²) in [6.45, 7) is 1.62. The van der Waals surface area contributed by atoms with Crippen LogP contribution in [0.2, 0.25) is 5.02 Å². The fraction of sp³-hybridized carbons (Fsp3) is 0.474. The van der Waals surface area contributed by atoms with E-state index in [1.807, 2.05) is 4.90 Å². The van der Waals surface area contributed by atoms with Gasteiger partial charge in [0.25, 0.3) is 0 Å². The third-order valence-electron chi connectivity index (χ3n) is 5.62. The van der Waals surface area contributed by atoms with Crippen LogP contribution in [-0.4, -0.2) is 34.8 Å². The summed E-state index contributed by atoms with van der Waals surface area (Å²) in [5, 5.41) is 11.0. The number of alkyl halides is 3. The van der Waals surface area contributed by atoms with Crippen LogP contribution in [0.3, 0.4) is 0 Å². The van der Waals surface area contributed by atoms with Gasteiger partial charge in [-0.1, -0.05) is 11.6 Å². The number of rotatable bonds is 2. The van der Waals surface area contributed by atoms with E-state index in [4.69, 9.17) is 16.3 Å². The molecule has 0 amide bonds. The molecule has 0 aromatic carbocycles. The van der Waals surface area contributed by atoms with Gasteiger partial charge in [-0.3, -0.25) is 4.98 Å². The Bertz CT molecular complexity index is 872. The van der Waals surface area contributed by atoms with E-state index in [1.165, 1.54) is 12.3 Å². The van der Waals surface area contributed by atoms with Gasteiger partial charge in [-0.2, -0.15) is 13.2 Å². The summed E-state index contributed by atoms with van der Waals surface area (Å²) in [5.74, 6) is 0.665. The van der Waals surface area contributed by atoms with Crippen molar-refractivity contribution >= 4 is 17.3 Å². The third-order valence-corrected chi connectivity index (χ3v) is 5.91. The number of fused-ring (bicyclic) bond motifs is 1. The zero-order valence-corrected chi connectivity index (χ0v) is 15.7. The van der Waals surface area contributed by atoms with Gasteiger partial charge in [-0.25, -0.2) is 4.98 Å². The van der Waals surface area contributed by atoms with Crippen LogP contribution in [0.4, 0.5) is 18.9 Å². The molecule has 2 aliphatic rings. The second-order valence-electron chi connectivity index (χ2n) is 7.18. The molecule has 1 fully saturated rings. The van der Waals surface area contributed by atoms with Crippen molar-refractivity contribution in [2.45, 2.75) is 31.0 Å². The lowest BCUT2D eigenvalue weighted by molar-refractivity contribution is -0.141. The molecule has 4 heterocycles. The van der Waals surface area contributed by atoms with Crippen molar-refractivity contribution in [2.24, 2.45) is 5.92 Å². The normalized spacial score (nSPS) is 23.2. The van der Waals surface area contributed by atoms with Crippen molar-refractivity contribution in [3.8, 4) is 5.75 Å². The van der Waals surface area contributed by atoms with Gasteiger partial charge in [0.15, 0.2) is 5.69 Å². The van der Waals surface area contributed by atoms with Crippen LogP contribution in [0.15, 0.2) is 30.7 Å². The number of anilines is 1. The molecule has 0 saturated carbocycles. The lowest BCUT2D eigenvalue weighted by Crippen LogP contribution is -2.46. The summed E-state index contributed by atoms with van der Waals surface area (Å²) >= 11 is 5.79. The topological polar surface area (TPSA) is 58.5 Å². The monoisotopic (exact) mass is 413 g/mol. The molecular formula is C19H19ClF3N3O2. The Hall–Kier alpha value is -2.06. The van der Waals surface area contributed by atoms with Gasteiger partial charge >= 0.3 is 6.18 Å². The van der Waals surface area contributed by atoms with E-state index in [9.17, 15) is 18.3 Å². The number of ether oxygens (including phenoxy) is 1. The predicted molar refractivity (Wildman–Crippen MR) is 97.4 cm³/mol. The minimum absolute atomic E-state index is 0.00785. The van der Waals surface area contributed by atoms with Gasteiger partial charge in [0.05, 0.1) is 23.5 Å². The van der Waals surface area contributed by atoms with E-state index in [-0.39, 0.29) is 5.92 Å². The average Bonchev–Trinajstić information content (AvgIpc) is 2.67. The lowest BCUT2D eigenvalue weighted by atomic mass is 9.73. The first-order valence-corrected chi connectivity index (χ1v) is 9.44. The standard InChI is InChI=1S/C19H19ClF3N3O2/c20-15-9-13(10-25-17(15)19(21,22)23)26-6-2-12(3-7-26)18(27)4-8-28-16-1-5-24-11-14(16)18/h1,5,9-12,27H,2-4,6-8H2. The number of nitrogens with zero attached hydrogens (tertiary/aromatic N) is 3. The Kier molecular flexibility index (Phi) is 4.87. The fourth-order valence-corrected chi connectivity index (χ4v) is 4.40. The first-order chi connectivity index (χ1) is 13.3. The van der Waals surface area contributed by atoms with Gasteiger partial charge in [0, 0.05) is 37.5 Å². The van der Waals surface area contributed by atoms with Crippen LogP contribution >= 0.6 is 11.6 Å². The predicted octanol–water partition coefficient (Wildman–Crippen LogP) is 4.04. The number of hydrogen-bond donors (Lipinski definition) is 1. The largest absolute Gasteiger partial charge is 0.493 e.